The minimum Gasteiger partial charge on any atom is -0.421 e. The molecule has 0 spiro atoms. The van der Waals surface area contributed by atoms with Crippen LogP contribution >= 0.6 is 11.5 Å². The lowest BCUT2D eigenvalue weighted by molar-refractivity contribution is -0.391. The highest BCUT2D eigenvalue weighted by atomic mass is 32.2. The lowest BCUT2D eigenvalue weighted by Gasteiger charge is -2.32. The van der Waals surface area contributed by atoms with E-state index >= 15 is 0 Å². The molecule has 1 aliphatic heterocycles. The molecule has 2 aromatic carbocycles. The second-order valence-corrected chi connectivity index (χ2v) is 8.81. The molecule has 7 nitrogen and oxygen atoms in total. The first-order valence-electron chi connectivity index (χ1n) is 7.81. The third-order valence-electron chi connectivity index (χ3n) is 4.09. The fourth-order valence-corrected chi connectivity index (χ4v) is 4.57. The number of hydrogen-bond donors (Lipinski definition) is 1. The average Bonchev–Trinajstić information content (AvgIpc) is 2.90. The van der Waals surface area contributed by atoms with Crippen LogP contribution in [-0.4, -0.2) is 24.6 Å². The number of alkyl halides is 4. The number of ether oxygens (including phenoxy) is 2. The summed E-state index contributed by atoms with van der Waals surface area (Å²) in [5.74, 6) is -1.65. The highest BCUT2D eigenvalue weighted by Gasteiger charge is 2.66. The Kier molecular flexibility index (Phi) is 4.10. The Labute approximate surface area is 164 Å². The molecule has 0 saturated carbocycles. The third-order valence-corrected chi connectivity index (χ3v) is 6.31. The third kappa shape index (κ3) is 3.09. The summed E-state index contributed by atoms with van der Waals surface area (Å²) in [5.41, 5.74) is -0.0226. The summed E-state index contributed by atoms with van der Waals surface area (Å²) in [6.07, 6.45) is -9.94. The van der Waals surface area contributed by atoms with Gasteiger partial charge in [-0.15, -0.1) is 0 Å². The molecule has 0 atom stereocenters. The van der Waals surface area contributed by atoms with Gasteiger partial charge in [0.25, 0.3) is 14.8 Å². The van der Waals surface area contributed by atoms with Crippen LogP contribution in [0.15, 0.2) is 46.1 Å². The van der Waals surface area contributed by atoms with E-state index in [1.165, 1.54) is 12.1 Å². The van der Waals surface area contributed by atoms with Crippen LogP contribution in [0, 0.1) is 0 Å². The number of rotatable bonds is 3. The molecular formula is C16H10F4N2O5S2. The van der Waals surface area contributed by atoms with Crippen molar-refractivity contribution in [3.05, 3.63) is 45.9 Å². The summed E-state index contributed by atoms with van der Waals surface area (Å²) >= 11 is 0.879. The summed E-state index contributed by atoms with van der Waals surface area (Å²) in [6.45, 7) is 0. The Morgan fingerprint density at radius 3 is 2.48 bits per heavy atom. The maximum Gasteiger partial charge on any atom is 0.507 e. The van der Waals surface area contributed by atoms with Gasteiger partial charge < -0.3 is 9.47 Å². The number of fused-ring (bicyclic) bond motifs is 2. The van der Waals surface area contributed by atoms with Crippen LogP contribution < -0.4 is 18.9 Å². The number of sulfonamides is 1. The zero-order valence-corrected chi connectivity index (χ0v) is 15.9. The minimum atomic E-state index is -5.01. The molecule has 0 unspecified atom stereocenters. The van der Waals surface area contributed by atoms with Crippen molar-refractivity contribution in [2.75, 3.05) is 4.72 Å². The normalized spacial score (nSPS) is 17.3. The quantitative estimate of drug-likeness (QED) is 0.619. The summed E-state index contributed by atoms with van der Waals surface area (Å²) in [6, 6.07) is 6.85. The molecule has 3 aromatic rings. The van der Waals surface area contributed by atoms with Gasteiger partial charge in [-0.3, -0.25) is 13.5 Å². The van der Waals surface area contributed by atoms with Crippen LogP contribution in [0.2, 0.25) is 0 Å². The van der Waals surface area contributed by atoms with Crippen molar-refractivity contribution in [3.63, 3.8) is 0 Å². The fraction of sp³-hybridized carbons (Fsp3) is 0.188. The summed E-state index contributed by atoms with van der Waals surface area (Å²) in [5, 5.41) is 0.154. The Morgan fingerprint density at radius 2 is 1.76 bits per heavy atom. The van der Waals surface area contributed by atoms with E-state index in [0.717, 1.165) is 35.8 Å². The zero-order valence-electron chi connectivity index (χ0n) is 14.3. The molecule has 154 valence electrons. The number of aromatic nitrogens is 1. The van der Waals surface area contributed by atoms with E-state index in [9.17, 15) is 30.8 Å². The van der Waals surface area contributed by atoms with Crippen LogP contribution in [-0.2, 0) is 17.1 Å². The molecule has 0 aliphatic carbocycles. The van der Waals surface area contributed by atoms with Gasteiger partial charge in [0.2, 0.25) is 0 Å². The van der Waals surface area contributed by atoms with E-state index < -0.39 is 39.4 Å². The van der Waals surface area contributed by atoms with Crippen molar-refractivity contribution in [3.8, 4) is 11.5 Å². The number of nitrogens with one attached hydrogen (secondary N) is 1. The van der Waals surface area contributed by atoms with Gasteiger partial charge in [0, 0.05) is 7.05 Å². The lowest BCUT2D eigenvalue weighted by Crippen LogP contribution is -2.52. The Morgan fingerprint density at radius 1 is 1.07 bits per heavy atom. The average molecular weight is 450 g/mol. The highest BCUT2D eigenvalue weighted by molar-refractivity contribution is 7.92. The Balaban J connectivity index is 1.75. The maximum atomic E-state index is 13.5. The number of benzene rings is 2. The molecule has 1 N–H and O–H groups in total. The SMILES string of the molecule is Cn1sc(=O)c2cc(S(=O)(=O)Nc3cccc4c3OC(F)(F)C(F)(F)O4)ccc21. The molecule has 29 heavy (non-hydrogen) atoms. The highest BCUT2D eigenvalue weighted by Crippen LogP contribution is 2.50. The molecule has 13 heteroatoms. The second kappa shape index (κ2) is 6.10. The summed E-state index contributed by atoms with van der Waals surface area (Å²) < 4.78 is 90.3. The van der Waals surface area contributed by atoms with Gasteiger partial charge in [-0.25, -0.2) is 8.42 Å². The molecule has 1 aromatic heterocycles. The molecule has 0 radical (unpaired) electrons. The smallest absolute Gasteiger partial charge is 0.421 e. The number of nitrogens with zero attached hydrogens (tertiary/aromatic N) is 1. The van der Waals surface area contributed by atoms with E-state index in [1.54, 1.807) is 11.0 Å². The van der Waals surface area contributed by atoms with Gasteiger partial charge in [-0.05, 0) is 41.9 Å². The Bertz CT molecular complexity index is 1300. The molecular weight excluding hydrogens is 440 g/mol. The first kappa shape index (κ1) is 19.5. The maximum absolute atomic E-state index is 13.5. The monoisotopic (exact) mass is 450 g/mol. The number of halogens is 4. The van der Waals surface area contributed by atoms with Crippen molar-refractivity contribution in [2.24, 2.45) is 7.05 Å². The molecule has 0 amide bonds. The molecule has 0 fully saturated rings. The van der Waals surface area contributed by atoms with Gasteiger partial charge in [-0.1, -0.05) is 6.07 Å². The topological polar surface area (TPSA) is 86.6 Å². The molecule has 2 heterocycles. The first-order chi connectivity index (χ1) is 13.4. The number of anilines is 1. The van der Waals surface area contributed by atoms with Crippen molar-refractivity contribution < 1.29 is 35.5 Å². The van der Waals surface area contributed by atoms with Crippen molar-refractivity contribution in [2.45, 2.75) is 17.1 Å². The molecule has 1 aliphatic rings. The van der Waals surface area contributed by atoms with Gasteiger partial charge in [0.1, 0.15) is 0 Å². The molecule has 0 saturated heterocycles. The Hall–Kier alpha value is -2.80. The van der Waals surface area contributed by atoms with Gasteiger partial charge in [0.05, 0.1) is 21.5 Å². The number of para-hydroxylation sites is 1. The fourth-order valence-electron chi connectivity index (χ4n) is 2.71. The predicted octanol–water partition coefficient (Wildman–Crippen LogP) is 3.36. The zero-order chi connectivity index (χ0) is 21.2. The predicted molar refractivity (Wildman–Crippen MR) is 95.5 cm³/mol. The lowest BCUT2D eigenvalue weighted by atomic mass is 10.2. The first-order valence-corrected chi connectivity index (χ1v) is 10.1. The van der Waals surface area contributed by atoms with Crippen LogP contribution in [0.1, 0.15) is 0 Å². The minimum absolute atomic E-state index is 0.154. The van der Waals surface area contributed by atoms with Crippen molar-refractivity contribution in [1.29, 1.82) is 0 Å². The van der Waals surface area contributed by atoms with E-state index in [2.05, 4.69) is 9.47 Å². The number of aryl methyl sites for hydroxylation is 1. The van der Waals surface area contributed by atoms with E-state index in [0.29, 0.717) is 5.52 Å². The molecule has 4 rings (SSSR count). The van der Waals surface area contributed by atoms with Crippen LogP contribution in [0.3, 0.4) is 0 Å². The second-order valence-electron chi connectivity index (χ2n) is 6.03. The van der Waals surface area contributed by atoms with Crippen LogP contribution in [0.4, 0.5) is 23.2 Å². The van der Waals surface area contributed by atoms with E-state index in [1.807, 2.05) is 4.72 Å². The van der Waals surface area contributed by atoms with Gasteiger partial charge >= 0.3 is 12.2 Å². The van der Waals surface area contributed by atoms with Crippen molar-refractivity contribution in [1.82, 2.24) is 3.96 Å². The van der Waals surface area contributed by atoms with Gasteiger partial charge in [0.15, 0.2) is 11.5 Å². The van der Waals surface area contributed by atoms with Gasteiger partial charge in [-0.2, -0.15) is 17.6 Å². The van der Waals surface area contributed by atoms with E-state index in [4.69, 9.17) is 0 Å². The molecule has 0 bridgehead atoms. The van der Waals surface area contributed by atoms with Crippen LogP contribution in [0.25, 0.3) is 10.9 Å². The summed E-state index contributed by atoms with van der Waals surface area (Å²) in [7, 11) is -2.74. The van der Waals surface area contributed by atoms with Crippen molar-refractivity contribution >= 4 is 38.1 Å². The van der Waals surface area contributed by atoms with E-state index in [-0.39, 0.29) is 15.0 Å². The number of hydrogen-bond acceptors (Lipinski definition) is 6. The largest absolute Gasteiger partial charge is 0.507 e. The van der Waals surface area contributed by atoms with Crippen LogP contribution in [0.5, 0.6) is 11.5 Å². The standard InChI is InChI=1S/C16H10F4N2O5S2/c1-22-11-6-5-8(7-9(11)14(23)28-22)29(24,25)21-10-3-2-4-12-13(10)27-16(19,20)15(17,18)26-12/h2-7,21H,1H3. The summed E-state index contributed by atoms with van der Waals surface area (Å²) in [4.78, 5) is 11.6.